The summed E-state index contributed by atoms with van der Waals surface area (Å²) in [5, 5.41) is 7.80. The molecule has 166 valence electrons. The van der Waals surface area contributed by atoms with E-state index in [-0.39, 0.29) is 23.2 Å². The van der Waals surface area contributed by atoms with E-state index >= 15 is 0 Å². The largest absolute Gasteiger partial charge is 0.471 e. The first-order valence-corrected chi connectivity index (χ1v) is 10.9. The third-order valence-corrected chi connectivity index (χ3v) is 6.34. The average Bonchev–Trinajstić information content (AvgIpc) is 3.37. The van der Waals surface area contributed by atoms with Gasteiger partial charge >= 0.3 is 0 Å². The van der Waals surface area contributed by atoms with Gasteiger partial charge in [0.05, 0.1) is 18.4 Å². The van der Waals surface area contributed by atoms with Gasteiger partial charge in [0.1, 0.15) is 17.1 Å². The van der Waals surface area contributed by atoms with E-state index in [0.717, 1.165) is 30.5 Å². The van der Waals surface area contributed by atoms with Crippen molar-refractivity contribution in [2.75, 3.05) is 19.6 Å². The van der Waals surface area contributed by atoms with Gasteiger partial charge in [0.15, 0.2) is 11.5 Å². The lowest BCUT2D eigenvalue weighted by Crippen LogP contribution is -2.48. The number of ether oxygens (including phenoxy) is 1. The summed E-state index contributed by atoms with van der Waals surface area (Å²) in [6.45, 7) is 9.93. The molecule has 5 rings (SSSR count). The first kappa shape index (κ1) is 20.5. The molecule has 0 aliphatic carbocycles. The summed E-state index contributed by atoms with van der Waals surface area (Å²) in [4.78, 5) is 19.7. The number of halogens is 1. The maximum absolute atomic E-state index is 13.4. The number of fused-ring (bicyclic) bond motifs is 1. The molecule has 2 aliphatic rings. The average molecular weight is 436 g/mol. The second-order valence-electron chi connectivity index (χ2n) is 8.89. The van der Waals surface area contributed by atoms with Gasteiger partial charge in [-0.3, -0.25) is 4.79 Å². The topological polar surface area (TPSA) is 71.8 Å². The van der Waals surface area contributed by atoms with Gasteiger partial charge < -0.3 is 15.0 Å². The normalized spacial score (nSPS) is 17.8. The van der Waals surface area contributed by atoms with Crippen LogP contribution in [0.25, 0.3) is 16.9 Å². The first-order chi connectivity index (χ1) is 15.3. The molecule has 1 aromatic carbocycles. The minimum Gasteiger partial charge on any atom is -0.471 e. The van der Waals surface area contributed by atoms with Gasteiger partial charge in [-0.15, -0.1) is 0 Å². The lowest BCUT2D eigenvalue weighted by atomic mass is 9.91. The second-order valence-corrected chi connectivity index (χ2v) is 8.89. The predicted molar refractivity (Wildman–Crippen MR) is 119 cm³/mol. The fraction of sp³-hybridized carbons (Fsp3) is 0.375. The maximum Gasteiger partial charge on any atom is 0.274 e. The quantitative estimate of drug-likeness (QED) is 0.679. The molecule has 1 amide bonds. The molecule has 0 radical (unpaired) electrons. The number of nitrogens with zero attached hydrogens (tertiary/aromatic N) is 4. The van der Waals surface area contributed by atoms with Crippen molar-refractivity contribution in [2.24, 2.45) is 0 Å². The van der Waals surface area contributed by atoms with E-state index in [2.05, 4.69) is 35.8 Å². The molecule has 1 N–H and O–H groups in total. The van der Waals surface area contributed by atoms with Crippen LogP contribution in [0.3, 0.4) is 0 Å². The van der Waals surface area contributed by atoms with Crippen LogP contribution in [0.4, 0.5) is 4.39 Å². The zero-order valence-electron chi connectivity index (χ0n) is 18.3. The van der Waals surface area contributed by atoms with Crippen LogP contribution in [0, 0.1) is 5.82 Å². The Hall–Kier alpha value is -3.42. The van der Waals surface area contributed by atoms with Crippen molar-refractivity contribution in [3.05, 3.63) is 66.1 Å². The zero-order valence-corrected chi connectivity index (χ0v) is 18.3. The number of imidazole rings is 1. The van der Waals surface area contributed by atoms with Crippen molar-refractivity contribution in [3.8, 4) is 11.3 Å². The molecule has 3 aromatic rings. The summed E-state index contributed by atoms with van der Waals surface area (Å²) in [6.07, 6.45) is 3.20. The molecule has 0 atom stereocenters. The van der Waals surface area contributed by atoms with Crippen molar-refractivity contribution in [3.63, 3.8) is 0 Å². The Morgan fingerprint density at radius 2 is 1.97 bits per heavy atom. The Morgan fingerprint density at radius 1 is 1.25 bits per heavy atom. The Morgan fingerprint density at radius 3 is 2.59 bits per heavy atom. The number of likely N-dealkylation sites (tertiary alicyclic amines) is 1. The monoisotopic (exact) mass is 435 g/mol. The molecule has 2 fully saturated rings. The molecule has 0 unspecified atom stereocenters. The number of nitrogens with one attached hydrogen (secondary N) is 1. The molecule has 0 saturated carbocycles. The molecule has 4 heterocycles. The van der Waals surface area contributed by atoms with Crippen LogP contribution in [0.15, 0.2) is 49.0 Å². The summed E-state index contributed by atoms with van der Waals surface area (Å²) < 4.78 is 20.9. The van der Waals surface area contributed by atoms with Gasteiger partial charge in [0, 0.05) is 37.1 Å². The van der Waals surface area contributed by atoms with E-state index in [1.165, 1.54) is 12.1 Å². The summed E-state index contributed by atoms with van der Waals surface area (Å²) >= 11 is 0. The van der Waals surface area contributed by atoms with Crippen LogP contribution in [-0.2, 0) is 4.74 Å². The number of carbonyl (C=O) groups excluding carboxylic acids is 1. The summed E-state index contributed by atoms with van der Waals surface area (Å²) in [5.74, 6) is 0.392. The molecule has 32 heavy (non-hydrogen) atoms. The standard InChI is InChI=1S/C24H26FN5O2/c1-15(2)19-12-20(17-4-6-18(25)7-5-17)28-30-13-21(27-22(19)30)23(31)29-10-8-24(9-11-29)14-26-16(3)32-24/h4-7,12-13,15,26H,3,8-11,14H2,1-2H3. The number of hydrogen-bond acceptors (Lipinski definition) is 5. The lowest BCUT2D eigenvalue weighted by molar-refractivity contribution is -0.00601. The van der Waals surface area contributed by atoms with Crippen LogP contribution >= 0.6 is 0 Å². The van der Waals surface area contributed by atoms with E-state index in [1.54, 1.807) is 22.8 Å². The summed E-state index contributed by atoms with van der Waals surface area (Å²) in [6, 6.07) is 8.21. The van der Waals surface area contributed by atoms with Gasteiger partial charge in [0.2, 0.25) is 0 Å². The van der Waals surface area contributed by atoms with E-state index < -0.39 is 0 Å². The second kappa shape index (κ2) is 7.62. The number of hydrogen-bond donors (Lipinski definition) is 1. The van der Waals surface area contributed by atoms with E-state index in [1.807, 2.05) is 11.0 Å². The number of carbonyl (C=O) groups is 1. The van der Waals surface area contributed by atoms with Crippen LogP contribution in [0.1, 0.15) is 48.7 Å². The van der Waals surface area contributed by atoms with Gasteiger partial charge in [0.25, 0.3) is 5.91 Å². The lowest BCUT2D eigenvalue weighted by Gasteiger charge is -2.37. The highest BCUT2D eigenvalue weighted by atomic mass is 19.1. The Bertz CT molecular complexity index is 1190. The third kappa shape index (κ3) is 3.59. The van der Waals surface area contributed by atoms with Crippen LogP contribution in [0.2, 0.25) is 0 Å². The third-order valence-electron chi connectivity index (χ3n) is 6.34. The molecular weight excluding hydrogens is 409 g/mol. The van der Waals surface area contributed by atoms with Crippen LogP contribution in [-0.4, -0.2) is 50.6 Å². The highest BCUT2D eigenvalue weighted by Gasteiger charge is 2.42. The van der Waals surface area contributed by atoms with E-state index in [4.69, 9.17) is 4.74 Å². The highest BCUT2D eigenvalue weighted by Crippen LogP contribution is 2.32. The van der Waals surface area contributed by atoms with Gasteiger partial charge in [-0.05, 0) is 42.8 Å². The van der Waals surface area contributed by atoms with Gasteiger partial charge in [-0.2, -0.15) is 5.10 Å². The Labute approximate surface area is 185 Å². The molecule has 0 bridgehead atoms. The molecule has 2 saturated heterocycles. The van der Waals surface area contributed by atoms with Gasteiger partial charge in [-0.25, -0.2) is 13.9 Å². The minimum absolute atomic E-state index is 0.104. The minimum atomic E-state index is -0.291. The predicted octanol–water partition coefficient (Wildman–Crippen LogP) is 3.72. The SMILES string of the molecule is C=C1NCC2(CCN(C(=O)c3cn4nc(-c5ccc(F)cc5)cc(C(C)C)c4n3)CC2)O1. The fourth-order valence-electron chi connectivity index (χ4n) is 4.44. The number of rotatable bonds is 3. The van der Waals surface area contributed by atoms with Crippen molar-refractivity contribution >= 4 is 11.6 Å². The molecule has 1 spiro atoms. The molecule has 7 nitrogen and oxygen atoms in total. The summed E-state index contributed by atoms with van der Waals surface area (Å²) in [5.41, 5.74) is 3.29. The smallest absolute Gasteiger partial charge is 0.274 e. The Kier molecular flexibility index (Phi) is 4.87. The van der Waals surface area contributed by atoms with Gasteiger partial charge in [-0.1, -0.05) is 13.8 Å². The Balaban J connectivity index is 1.43. The van der Waals surface area contributed by atoms with E-state index in [9.17, 15) is 9.18 Å². The number of piperidine rings is 1. The molecular formula is C24H26FN5O2. The maximum atomic E-state index is 13.4. The molecule has 2 aromatic heterocycles. The van der Waals surface area contributed by atoms with E-state index in [0.29, 0.717) is 36.0 Å². The summed E-state index contributed by atoms with van der Waals surface area (Å²) in [7, 11) is 0. The van der Waals surface area contributed by atoms with Crippen LogP contribution < -0.4 is 5.32 Å². The highest BCUT2D eigenvalue weighted by molar-refractivity contribution is 5.93. The number of benzene rings is 1. The fourth-order valence-corrected chi connectivity index (χ4v) is 4.44. The van der Waals surface area contributed by atoms with Crippen molar-refractivity contribution in [1.82, 2.24) is 24.8 Å². The molecule has 8 heteroatoms. The van der Waals surface area contributed by atoms with Crippen molar-refractivity contribution < 1.29 is 13.9 Å². The zero-order chi connectivity index (χ0) is 22.5. The number of aromatic nitrogens is 3. The van der Waals surface area contributed by atoms with Crippen molar-refractivity contribution in [2.45, 2.75) is 38.2 Å². The van der Waals surface area contributed by atoms with Crippen molar-refractivity contribution in [1.29, 1.82) is 0 Å². The van der Waals surface area contributed by atoms with Crippen LogP contribution in [0.5, 0.6) is 0 Å². The first-order valence-electron chi connectivity index (χ1n) is 10.9. The number of amides is 1. The molecule has 2 aliphatic heterocycles.